The smallest absolute Gasteiger partial charge is 0.0598 e. The highest BCUT2D eigenvalue weighted by Gasteiger charge is 1.94. The average molecular weight is 169 g/mol. The summed E-state index contributed by atoms with van der Waals surface area (Å²) in [5, 5.41) is 8.54. The van der Waals surface area contributed by atoms with Crippen LogP contribution in [0.3, 0.4) is 0 Å². The number of rotatable bonds is 6. The molecule has 0 unspecified atom stereocenters. The zero-order valence-electron chi connectivity index (χ0n) is 8.14. The summed E-state index contributed by atoms with van der Waals surface area (Å²) in [6, 6.07) is 0. The molecule has 0 aliphatic rings. The minimum atomic E-state index is 0.318. The third-order valence-corrected chi connectivity index (χ3v) is 1.72. The van der Waals surface area contributed by atoms with Gasteiger partial charge in [0.15, 0.2) is 0 Å². The summed E-state index contributed by atoms with van der Waals surface area (Å²) in [6.07, 6.45) is 3.19. The zero-order chi connectivity index (χ0) is 9.23. The van der Waals surface area contributed by atoms with E-state index in [0.717, 1.165) is 32.4 Å². The molecule has 70 valence electrons. The molecule has 0 spiro atoms. The van der Waals surface area contributed by atoms with Crippen LogP contribution in [0.4, 0.5) is 0 Å². The van der Waals surface area contributed by atoms with E-state index in [1.54, 1.807) is 0 Å². The second-order valence-corrected chi connectivity index (χ2v) is 2.95. The van der Waals surface area contributed by atoms with Gasteiger partial charge in [0.05, 0.1) is 6.54 Å². The van der Waals surface area contributed by atoms with Gasteiger partial charge in [-0.2, -0.15) is 0 Å². The molecule has 0 aromatic carbocycles. The van der Waals surface area contributed by atoms with E-state index in [1.165, 1.54) is 0 Å². The van der Waals surface area contributed by atoms with Crippen LogP contribution in [0.1, 0.15) is 26.2 Å². The fourth-order valence-electron chi connectivity index (χ4n) is 0.963. The molecular weight excluding hydrogens is 150 g/mol. The molecule has 0 aromatic heterocycles. The minimum Gasteiger partial charge on any atom is -0.396 e. The van der Waals surface area contributed by atoms with Gasteiger partial charge in [0.1, 0.15) is 0 Å². The normalized spacial score (nSPS) is 9.67. The second-order valence-electron chi connectivity index (χ2n) is 2.95. The van der Waals surface area contributed by atoms with Crippen molar-refractivity contribution in [1.82, 2.24) is 4.90 Å². The molecule has 2 heteroatoms. The second kappa shape index (κ2) is 8.58. The first kappa shape index (κ1) is 11.5. The van der Waals surface area contributed by atoms with Crippen molar-refractivity contribution in [2.45, 2.75) is 26.2 Å². The van der Waals surface area contributed by atoms with E-state index in [1.807, 2.05) is 6.92 Å². The number of hydrogen-bond acceptors (Lipinski definition) is 2. The molecule has 0 rings (SSSR count). The summed E-state index contributed by atoms with van der Waals surface area (Å²) < 4.78 is 0. The molecule has 0 aliphatic heterocycles. The molecule has 0 amide bonds. The Morgan fingerprint density at radius 1 is 1.25 bits per heavy atom. The molecule has 0 atom stereocenters. The van der Waals surface area contributed by atoms with Crippen LogP contribution in [0.15, 0.2) is 0 Å². The largest absolute Gasteiger partial charge is 0.396 e. The average Bonchev–Trinajstić information content (AvgIpc) is 2.09. The predicted molar refractivity (Wildman–Crippen MR) is 51.9 cm³/mol. The van der Waals surface area contributed by atoms with Gasteiger partial charge < -0.3 is 5.11 Å². The molecule has 12 heavy (non-hydrogen) atoms. The monoisotopic (exact) mass is 169 g/mol. The number of nitrogens with zero attached hydrogens (tertiary/aromatic N) is 1. The molecule has 0 heterocycles. The minimum absolute atomic E-state index is 0.318. The van der Waals surface area contributed by atoms with E-state index in [9.17, 15) is 0 Å². The lowest BCUT2D eigenvalue weighted by molar-refractivity contribution is 0.276. The quantitative estimate of drug-likeness (QED) is 0.475. The van der Waals surface area contributed by atoms with Crippen LogP contribution >= 0.6 is 0 Å². The highest BCUT2D eigenvalue weighted by Crippen LogP contribution is 1.95. The van der Waals surface area contributed by atoms with E-state index in [2.05, 4.69) is 23.8 Å². The Balaban J connectivity index is 3.17. The van der Waals surface area contributed by atoms with Gasteiger partial charge in [0.2, 0.25) is 0 Å². The fraction of sp³-hybridized carbons (Fsp3) is 0.800. The van der Waals surface area contributed by atoms with Crippen molar-refractivity contribution >= 4 is 0 Å². The van der Waals surface area contributed by atoms with Crippen molar-refractivity contribution < 1.29 is 5.11 Å². The third-order valence-electron chi connectivity index (χ3n) is 1.72. The maximum atomic E-state index is 8.54. The molecule has 0 aliphatic carbocycles. The molecule has 0 saturated carbocycles. The van der Waals surface area contributed by atoms with Crippen molar-refractivity contribution in [3.8, 4) is 11.8 Å². The van der Waals surface area contributed by atoms with Crippen molar-refractivity contribution in [3.05, 3.63) is 0 Å². The van der Waals surface area contributed by atoms with E-state index in [-0.39, 0.29) is 0 Å². The van der Waals surface area contributed by atoms with Crippen molar-refractivity contribution in [3.63, 3.8) is 0 Å². The molecule has 2 nitrogen and oxygen atoms in total. The number of hydrogen-bond donors (Lipinski definition) is 1. The topological polar surface area (TPSA) is 23.5 Å². The maximum Gasteiger partial charge on any atom is 0.0598 e. The zero-order valence-corrected chi connectivity index (χ0v) is 8.14. The molecule has 1 N–H and O–H groups in total. The van der Waals surface area contributed by atoms with E-state index >= 15 is 0 Å². The Morgan fingerprint density at radius 2 is 2.00 bits per heavy atom. The first-order chi connectivity index (χ1) is 5.81. The Morgan fingerprint density at radius 3 is 2.58 bits per heavy atom. The van der Waals surface area contributed by atoms with Crippen LogP contribution in [-0.2, 0) is 0 Å². The highest BCUT2D eigenvalue weighted by atomic mass is 16.2. The molecule has 0 bridgehead atoms. The molecule has 0 saturated heterocycles. The van der Waals surface area contributed by atoms with E-state index in [0.29, 0.717) is 6.61 Å². The SMILES string of the molecule is CC#CCN(C)CCCCCO. The third kappa shape index (κ3) is 7.59. The molecule has 0 aromatic rings. The molecule has 0 fully saturated rings. The standard InChI is InChI=1S/C10H19NO/c1-3-4-8-11(2)9-6-5-7-10-12/h12H,5-10H2,1-2H3. The predicted octanol–water partition coefficient (Wildman–Crippen LogP) is 1.10. The summed E-state index contributed by atoms with van der Waals surface area (Å²) in [4.78, 5) is 2.20. The summed E-state index contributed by atoms with van der Waals surface area (Å²) in [5.74, 6) is 5.88. The Kier molecular flexibility index (Phi) is 8.20. The molecule has 0 radical (unpaired) electrons. The Hall–Kier alpha value is -0.520. The lowest BCUT2D eigenvalue weighted by Gasteiger charge is -2.11. The fourth-order valence-corrected chi connectivity index (χ4v) is 0.963. The van der Waals surface area contributed by atoms with Crippen LogP contribution in [-0.4, -0.2) is 36.8 Å². The summed E-state index contributed by atoms with van der Waals surface area (Å²) in [5.41, 5.74) is 0. The Bertz CT molecular complexity index is 146. The maximum absolute atomic E-state index is 8.54. The highest BCUT2D eigenvalue weighted by molar-refractivity contribution is 4.97. The Labute approximate surface area is 75.6 Å². The van der Waals surface area contributed by atoms with Crippen molar-refractivity contribution in [1.29, 1.82) is 0 Å². The van der Waals surface area contributed by atoms with Gasteiger partial charge in [-0.15, -0.1) is 5.92 Å². The van der Waals surface area contributed by atoms with Gasteiger partial charge in [-0.1, -0.05) is 5.92 Å². The number of aliphatic hydroxyl groups excluding tert-OH is 1. The van der Waals surface area contributed by atoms with E-state index in [4.69, 9.17) is 5.11 Å². The van der Waals surface area contributed by atoms with Crippen molar-refractivity contribution in [2.24, 2.45) is 0 Å². The lowest BCUT2D eigenvalue weighted by atomic mass is 10.2. The van der Waals surface area contributed by atoms with Crippen LogP contribution in [0.25, 0.3) is 0 Å². The number of unbranched alkanes of at least 4 members (excludes halogenated alkanes) is 2. The van der Waals surface area contributed by atoms with Crippen LogP contribution in [0.2, 0.25) is 0 Å². The van der Waals surface area contributed by atoms with Gasteiger partial charge >= 0.3 is 0 Å². The van der Waals surface area contributed by atoms with Gasteiger partial charge in [0, 0.05) is 6.61 Å². The van der Waals surface area contributed by atoms with Gasteiger partial charge in [-0.05, 0) is 39.8 Å². The first-order valence-corrected chi connectivity index (χ1v) is 4.50. The summed E-state index contributed by atoms with van der Waals surface area (Å²) in [7, 11) is 2.07. The van der Waals surface area contributed by atoms with Crippen LogP contribution in [0.5, 0.6) is 0 Å². The summed E-state index contributed by atoms with van der Waals surface area (Å²) in [6.45, 7) is 4.11. The van der Waals surface area contributed by atoms with Crippen LogP contribution < -0.4 is 0 Å². The van der Waals surface area contributed by atoms with E-state index < -0.39 is 0 Å². The van der Waals surface area contributed by atoms with Gasteiger partial charge in [-0.3, -0.25) is 4.90 Å². The van der Waals surface area contributed by atoms with Gasteiger partial charge in [0.25, 0.3) is 0 Å². The van der Waals surface area contributed by atoms with Crippen molar-refractivity contribution in [2.75, 3.05) is 26.7 Å². The van der Waals surface area contributed by atoms with Crippen LogP contribution in [0, 0.1) is 11.8 Å². The molecular formula is C10H19NO. The first-order valence-electron chi connectivity index (χ1n) is 4.50. The summed E-state index contributed by atoms with van der Waals surface area (Å²) >= 11 is 0. The number of aliphatic hydroxyl groups is 1. The van der Waals surface area contributed by atoms with Gasteiger partial charge in [-0.25, -0.2) is 0 Å². The lowest BCUT2D eigenvalue weighted by Crippen LogP contribution is -2.19.